The Hall–Kier alpha value is -1.07. The third-order valence-electron chi connectivity index (χ3n) is 4.87. The molecule has 2 N–H and O–H groups in total. The number of nitrogens with one attached hydrogen (secondary N) is 2. The predicted molar refractivity (Wildman–Crippen MR) is 101 cm³/mol. The fraction of sp³-hybridized carbons (Fsp3) is 0.625. The minimum atomic E-state index is -3.57. The van der Waals surface area contributed by atoms with Crippen LogP contribution in [0.4, 0.5) is 0 Å². The van der Waals surface area contributed by atoms with Crippen molar-refractivity contribution < 1.29 is 13.2 Å². The number of hydrazine groups is 1. The molecular formula is C16H24BrN5O3S. The van der Waals surface area contributed by atoms with Gasteiger partial charge in [0.1, 0.15) is 10.9 Å². The van der Waals surface area contributed by atoms with Crippen LogP contribution in [-0.2, 0) is 14.8 Å². The normalized spacial score (nSPS) is 27.8. The fourth-order valence-corrected chi connectivity index (χ4v) is 5.77. The lowest BCUT2D eigenvalue weighted by Gasteiger charge is -2.35. The Labute approximate surface area is 162 Å². The number of alkyl halides is 1. The van der Waals surface area contributed by atoms with Gasteiger partial charge < -0.3 is 4.90 Å². The molecule has 3 heterocycles. The molecule has 2 saturated heterocycles. The van der Waals surface area contributed by atoms with Crippen molar-refractivity contribution in [2.24, 2.45) is 5.92 Å². The molecule has 2 fully saturated rings. The van der Waals surface area contributed by atoms with Crippen LogP contribution in [-0.4, -0.2) is 71.6 Å². The van der Waals surface area contributed by atoms with Gasteiger partial charge in [0.2, 0.25) is 15.9 Å². The standard InChI is InChI=1S/C16H24BrN5O3S/c1-11(2)14-13(17)15(20-19-14)16(23)21-6-8-22(9-7-21)26(24,25)12-4-3-5-18-10-12/h3-5,10-11,13-15,19-20H,6-9H2,1-2H3. The first-order valence-corrected chi connectivity index (χ1v) is 11.0. The van der Waals surface area contributed by atoms with E-state index in [0.29, 0.717) is 19.0 Å². The number of piperazine rings is 1. The molecule has 144 valence electrons. The van der Waals surface area contributed by atoms with E-state index < -0.39 is 10.0 Å². The molecule has 2 aliphatic rings. The molecule has 10 heteroatoms. The molecule has 0 saturated carbocycles. The molecule has 0 aromatic carbocycles. The van der Waals surface area contributed by atoms with E-state index in [2.05, 4.69) is 45.6 Å². The van der Waals surface area contributed by atoms with E-state index in [9.17, 15) is 13.2 Å². The molecule has 26 heavy (non-hydrogen) atoms. The van der Waals surface area contributed by atoms with Gasteiger partial charge in [-0.15, -0.1) is 0 Å². The topological polar surface area (TPSA) is 94.6 Å². The molecule has 1 amide bonds. The van der Waals surface area contributed by atoms with Crippen LogP contribution >= 0.6 is 15.9 Å². The number of aromatic nitrogens is 1. The van der Waals surface area contributed by atoms with Gasteiger partial charge in [-0.25, -0.2) is 13.8 Å². The molecule has 0 radical (unpaired) electrons. The number of halogens is 1. The molecule has 1 aromatic rings. The minimum absolute atomic E-state index is 0.00726. The Bertz CT molecular complexity index is 738. The number of hydrogen-bond donors (Lipinski definition) is 2. The maximum absolute atomic E-state index is 12.8. The summed E-state index contributed by atoms with van der Waals surface area (Å²) in [7, 11) is -3.57. The molecule has 0 aliphatic carbocycles. The molecule has 0 bridgehead atoms. The van der Waals surface area contributed by atoms with Crippen molar-refractivity contribution in [1.29, 1.82) is 0 Å². The minimum Gasteiger partial charge on any atom is -0.339 e. The molecule has 1 aromatic heterocycles. The quantitative estimate of drug-likeness (QED) is 0.641. The first kappa shape index (κ1) is 19.7. The first-order chi connectivity index (χ1) is 12.3. The lowest BCUT2D eigenvalue weighted by molar-refractivity contribution is -0.134. The number of rotatable bonds is 4. The van der Waals surface area contributed by atoms with Crippen LogP contribution in [0.25, 0.3) is 0 Å². The maximum atomic E-state index is 12.8. The summed E-state index contributed by atoms with van der Waals surface area (Å²) in [5, 5.41) is 0. The SMILES string of the molecule is CC(C)C1NNC(C(=O)N2CCN(S(=O)(=O)c3cccnc3)CC2)C1Br. The van der Waals surface area contributed by atoms with Crippen molar-refractivity contribution in [3.63, 3.8) is 0 Å². The lowest BCUT2D eigenvalue weighted by atomic mass is 9.99. The Morgan fingerprint density at radius 2 is 1.96 bits per heavy atom. The van der Waals surface area contributed by atoms with Gasteiger partial charge in [0.15, 0.2) is 0 Å². The van der Waals surface area contributed by atoms with E-state index >= 15 is 0 Å². The van der Waals surface area contributed by atoms with Gasteiger partial charge in [-0.2, -0.15) is 4.31 Å². The predicted octanol–water partition coefficient (Wildman–Crippen LogP) is 0.179. The molecule has 3 unspecified atom stereocenters. The molecule has 0 spiro atoms. The number of amides is 1. The van der Waals surface area contributed by atoms with Crippen LogP contribution in [0.1, 0.15) is 13.8 Å². The van der Waals surface area contributed by atoms with Crippen LogP contribution in [0.5, 0.6) is 0 Å². The molecule has 8 nitrogen and oxygen atoms in total. The van der Waals surface area contributed by atoms with Gasteiger partial charge in [-0.05, 0) is 18.1 Å². The van der Waals surface area contributed by atoms with Crippen LogP contribution in [0.3, 0.4) is 0 Å². The smallest absolute Gasteiger partial charge is 0.244 e. The van der Waals surface area contributed by atoms with E-state index in [0.717, 1.165) is 0 Å². The third-order valence-corrected chi connectivity index (χ3v) is 7.85. The second-order valence-electron chi connectivity index (χ2n) is 6.90. The van der Waals surface area contributed by atoms with Crippen LogP contribution in [0.15, 0.2) is 29.4 Å². The number of nitrogens with zero attached hydrogens (tertiary/aromatic N) is 3. The van der Waals surface area contributed by atoms with E-state index in [1.165, 1.54) is 16.6 Å². The zero-order valence-corrected chi connectivity index (χ0v) is 17.2. The average Bonchev–Trinajstić information content (AvgIpc) is 3.03. The summed E-state index contributed by atoms with van der Waals surface area (Å²) in [5.41, 5.74) is 6.25. The van der Waals surface area contributed by atoms with Crippen LogP contribution in [0, 0.1) is 5.92 Å². The highest BCUT2D eigenvalue weighted by Crippen LogP contribution is 2.24. The molecule has 3 rings (SSSR count). The van der Waals surface area contributed by atoms with Crippen LogP contribution < -0.4 is 10.9 Å². The van der Waals surface area contributed by atoms with Gasteiger partial charge in [0.25, 0.3) is 0 Å². The second-order valence-corrected chi connectivity index (χ2v) is 9.89. The van der Waals surface area contributed by atoms with Crippen molar-refractivity contribution in [3.05, 3.63) is 24.5 Å². The Balaban J connectivity index is 1.61. The van der Waals surface area contributed by atoms with Gasteiger partial charge >= 0.3 is 0 Å². The average molecular weight is 446 g/mol. The highest BCUT2D eigenvalue weighted by atomic mass is 79.9. The van der Waals surface area contributed by atoms with Gasteiger partial charge in [-0.3, -0.25) is 15.2 Å². The largest absolute Gasteiger partial charge is 0.339 e. The summed E-state index contributed by atoms with van der Waals surface area (Å²) in [6.45, 7) is 5.52. The number of pyridine rings is 1. The zero-order valence-electron chi connectivity index (χ0n) is 14.8. The summed E-state index contributed by atoms with van der Waals surface area (Å²) < 4.78 is 26.7. The number of carbonyl (C=O) groups excluding carboxylic acids is 1. The highest BCUT2D eigenvalue weighted by molar-refractivity contribution is 9.09. The number of hydrogen-bond acceptors (Lipinski definition) is 6. The van der Waals surface area contributed by atoms with Gasteiger partial charge in [-0.1, -0.05) is 29.8 Å². The summed E-state index contributed by atoms with van der Waals surface area (Å²) in [4.78, 5) is 18.6. The lowest BCUT2D eigenvalue weighted by Crippen LogP contribution is -2.55. The van der Waals surface area contributed by atoms with E-state index in [1.807, 2.05) is 0 Å². The first-order valence-electron chi connectivity index (χ1n) is 8.66. The van der Waals surface area contributed by atoms with E-state index in [4.69, 9.17) is 0 Å². The third kappa shape index (κ3) is 3.79. The maximum Gasteiger partial charge on any atom is 0.244 e. The van der Waals surface area contributed by atoms with E-state index in [-0.39, 0.29) is 40.8 Å². The van der Waals surface area contributed by atoms with Gasteiger partial charge in [0, 0.05) is 44.6 Å². The monoisotopic (exact) mass is 445 g/mol. The molecular weight excluding hydrogens is 422 g/mol. The van der Waals surface area contributed by atoms with Crippen molar-refractivity contribution >= 4 is 31.9 Å². The second kappa shape index (κ2) is 7.89. The summed E-state index contributed by atoms with van der Waals surface area (Å²) >= 11 is 3.63. The summed E-state index contributed by atoms with van der Waals surface area (Å²) in [6.07, 6.45) is 2.89. The van der Waals surface area contributed by atoms with Crippen molar-refractivity contribution in [2.45, 2.75) is 35.7 Å². The van der Waals surface area contributed by atoms with Crippen LogP contribution in [0.2, 0.25) is 0 Å². The Kier molecular flexibility index (Phi) is 5.97. The van der Waals surface area contributed by atoms with E-state index in [1.54, 1.807) is 17.2 Å². The Morgan fingerprint density at radius 1 is 1.27 bits per heavy atom. The molecule has 2 aliphatic heterocycles. The number of carbonyl (C=O) groups is 1. The van der Waals surface area contributed by atoms with Crippen molar-refractivity contribution in [3.8, 4) is 0 Å². The van der Waals surface area contributed by atoms with Gasteiger partial charge in [0.05, 0.1) is 4.83 Å². The summed E-state index contributed by atoms with van der Waals surface area (Å²) in [5.74, 6) is 0.368. The summed E-state index contributed by atoms with van der Waals surface area (Å²) in [6, 6.07) is 2.95. The zero-order chi connectivity index (χ0) is 18.9. The van der Waals surface area contributed by atoms with Crippen molar-refractivity contribution in [1.82, 2.24) is 25.0 Å². The number of sulfonamides is 1. The van der Waals surface area contributed by atoms with Crippen molar-refractivity contribution in [2.75, 3.05) is 26.2 Å². The fourth-order valence-electron chi connectivity index (χ4n) is 3.28. The highest BCUT2D eigenvalue weighted by Gasteiger charge is 2.42. The molecule has 3 atom stereocenters. The Morgan fingerprint density at radius 3 is 2.50 bits per heavy atom.